The maximum Gasteiger partial charge on any atom is 0.323 e. The van der Waals surface area contributed by atoms with E-state index in [1.54, 1.807) is 0 Å². The van der Waals surface area contributed by atoms with E-state index < -0.39 is 27.2 Å². The molecule has 1 atom stereocenters. The summed E-state index contributed by atoms with van der Waals surface area (Å²) < 4.78 is 9.69. The van der Waals surface area contributed by atoms with Crippen molar-refractivity contribution in [3.05, 3.63) is 0 Å². The highest BCUT2D eigenvalue weighted by Crippen LogP contribution is 1.88. The average Bonchev–Trinajstić information content (AvgIpc) is 1.82. The van der Waals surface area contributed by atoms with Crippen LogP contribution >= 0.6 is 8.61 Å². The Morgan fingerprint density at radius 2 is 2.33 bits per heavy atom. The molecule has 3 N–H and O–H groups in total. The van der Waals surface area contributed by atoms with Gasteiger partial charge in [0.1, 0.15) is 6.04 Å². The molecular weight excluding hydrogens is 145 g/mol. The van der Waals surface area contributed by atoms with E-state index in [0.717, 1.165) is 0 Å². The third kappa shape index (κ3) is 3.13. The van der Waals surface area contributed by atoms with Gasteiger partial charge in [0.05, 0.1) is 6.61 Å². The lowest BCUT2D eigenvalue weighted by Crippen LogP contribution is -2.33. The fourth-order valence-corrected chi connectivity index (χ4v) is 0.557. The van der Waals surface area contributed by atoms with Gasteiger partial charge in [-0.1, -0.05) is 0 Å². The number of aliphatic hydroxyl groups is 1. The highest BCUT2D eigenvalue weighted by molar-refractivity contribution is 7.21. The fraction of sp³-hybridized carbons (Fsp3) is 0.667. The first-order valence-corrected chi connectivity index (χ1v) is 2.95. The van der Waals surface area contributed by atoms with Crippen LogP contribution in [0.25, 0.3) is 0 Å². The van der Waals surface area contributed by atoms with Crippen LogP contribution in [-0.4, -0.2) is 28.8 Å². The van der Waals surface area contributed by atoms with Gasteiger partial charge in [0.25, 0.3) is 0 Å². The molecule has 0 saturated carbocycles. The van der Waals surface area contributed by atoms with Crippen molar-refractivity contribution in [2.45, 2.75) is 6.04 Å². The van der Waals surface area contributed by atoms with Crippen molar-refractivity contribution < 1.29 is 19.6 Å². The van der Waals surface area contributed by atoms with E-state index in [1.807, 2.05) is 5.09 Å². The molecule has 6 heteroatoms. The molecule has 0 aliphatic carbocycles. The summed E-state index contributed by atoms with van der Waals surface area (Å²) in [7, 11) is -0.491. The van der Waals surface area contributed by atoms with Crippen molar-refractivity contribution in [2.24, 2.45) is 0 Å². The molecule has 0 saturated heterocycles. The number of aliphatic carboxylic acids is 1. The molecule has 0 aromatic carbocycles. The highest BCUT2D eigenvalue weighted by Gasteiger charge is 2.13. The first kappa shape index (κ1) is 8.49. The van der Waals surface area contributed by atoms with Crippen molar-refractivity contribution in [2.75, 3.05) is 6.61 Å². The van der Waals surface area contributed by atoms with E-state index in [2.05, 4.69) is 0 Å². The van der Waals surface area contributed by atoms with Crippen LogP contribution in [0, 0.1) is 0 Å². The molecule has 0 amide bonds. The largest absolute Gasteiger partial charge is 0.480 e. The van der Waals surface area contributed by atoms with Gasteiger partial charge in [-0.15, -0.1) is 0 Å². The molecule has 0 aromatic rings. The van der Waals surface area contributed by atoms with Crippen LogP contribution in [0.15, 0.2) is 0 Å². The zero-order valence-electron chi connectivity index (χ0n) is 4.44. The molecule has 0 aliphatic rings. The number of aliphatic hydroxyl groups excluding tert-OH is 1. The second kappa shape index (κ2) is 4.38. The number of carboxylic acids is 1. The topological polar surface area (TPSA) is 86.6 Å². The Labute approximate surface area is 52.9 Å². The van der Waals surface area contributed by atoms with Gasteiger partial charge in [0.15, 0.2) is 0 Å². The zero-order valence-corrected chi connectivity index (χ0v) is 5.34. The van der Waals surface area contributed by atoms with Gasteiger partial charge >= 0.3 is 5.97 Å². The lowest BCUT2D eigenvalue weighted by atomic mass is 10.3. The average molecular weight is 151 g/mol. The first-order chi connectivity index (χ1) is 4.22. The second-order valence-electron chi connectivity index (χ2n) is 1.29. The van der Waals surface area contributed by atoms with E-state index in [-0.39, 0.29) is 0 Å². The standard InChI is InChI=1S/C3H6NO4P/c5-1-2(3(6)7)4-9-8/h2,5H,1H2,(H,4,8)(H,6,7). The van der Waals surface area contributed by atoms with Crippen molar-refractivity contribution in [1.29, 1.82) is 0 Å². The lowest BCUT2D eigenvalue weighted by Gasteiger charge is -2.02. The van der Waals surface area contributed by atoms with Crippen molar-refractivity contribution in [3.63, 3.8) is 0 Å². The van der Waals surface area contributed by atoms with E-state index >= 15 is 0 Å². The Morgan fingerprint density at radius 3 is 2.44 bits per heavy atom. The van der Waals surface area contributed by atoms with Crippen LogP contribution in [-0.2, 0) is 9.36 Å². The molecular formula is C3H6NO4P. The van der Waals surface area contributed by atoms with E-state index in [9.17, 15) is 9.36 Å². The molecule has 9 heavy (non-hydrogen) atoms. The molecule has 0 radical (unpaired) electrons. The Kier molecular flexibility index (Phi) is 4.13. The molecule has 0 bridgehead atoms. The maximum atomic E-state index is 9.95. The number of hydrogen-bond acceptors (Lipinski definition) is 3. The van der Waals surface area contributed by atoms with Gasteiger partial charge < -0.3 is 10.2 Å². The Hall–Kier alpha value is -0.510. The van der Waals surface area contributed by atoms with Crippen LogP contribution in [0.2, 0.25) is 0 Å². The predicted molar refractivity (Wildman–Crippen MR) is 29.3 cm³/mol. The third-order valence-electron chi connectivity index (χ3n) is 0.689. The molecule has 5 nitrogen and oxygen atoms in total. The lowest BCUT2D eigenvalue weighted by molar-refractivity contribution is -0.139. The summed E-state index contributed by atoms with van der Waals surface area (Å²) in [6, 6.07) is -1.14. The number of carbonyl (C=O) groups is 1. The molecule has 0 fully saturated rings. The summed E-state index contributed by atoms with van der Waals surface area (Å²) in [6.07, 6.45) is 0. The molecule has 1 unspecified atom stereocenters. The summed E-state index contributed by atoms with van der Waals surface area (Å²) in [5.41, 5.74) is 0. The second-order valence-corrected chi connectivity index (χ2v) is 1.73. The minimum atomic E-state index is -1.22. The molecule has 0 spiro atoms. The Balaban J connectivity index is 3.67. The van der Waals surface area contributed by atoms with E-state index in [1.165, 1.54) is 0 Å². The first-order valence-electron chi connectivity index (χ1n) is 2.14. The molecule has 0 heterocycles. The summed E-state index contributed by atoms with van der Waals surface area (Å²) in [4.78, 5) is 9.95. The van der Waals surface area contributed by atoms with Crippen LogP contribution in [0.1, 0.15) is 0 Å². The van der Waals surface area contributed by atoms with Crippen molar-refractivity contribution in [1.82, 2.24) is 5.09 Å². The normalized spacial score (nSPS) is 13.4. The minimum Gasteiger partial charge on any atom is -0.480 e. The van der Waals surface area contributed by atoms with Gasteiger partial charge in [-0.25, -0.2) is 5.09 Å². The Bertz CT molecular complexity index is 116. The smallest absolute Gasteiger partial charge is 0.323 e. The van der Waals surface area contributed by atoms with Gasteiger partial charge in [0, 0.05) is 0 Å². The van der Waals surface area contributed by atoms with Crippen molar-refractivity contribution in [3.8, 4) is 0 Å². The zero-order chi connectivity index (χ0) is 7.28. The highest BCUT2D eigenvalue weighted by atomic mass is 31.1. The maximum absolute atomic E-state index is 9.95. The number of rotatable bonds is 4. The Morgan fingerprint density at radius 1 is 1.78 bits per heavy atom. The van der Waals surface area contributed by atoms with Gasteiger partial charge in [-0.2, -0.15) is 0 Å². The van der Waals surface area contributed by atoms with Crippen LogP contribution < -0.4 is 5.09 Å². The van der Waals surface area contributed by atoms with Gasteiger partial charge in [-0.3, -0.25) is 9.36 Å². The third-order valence-corrected chi connectivity index (χ3v) is 1.11. The summed E-state index contributed by atoms with van der Waals surface area (Å²) >= 11 is 0. The molecule has 52 valence electrons. The predicted octanol–water partition coefficient (Wildman–Crippen LogP) is -0.772. The van der Waals surface area contributed by atoms with E-state index in [0.29, 0.717) is 0 Å². The summed E-state index contributed by atoms with van der Waals surface area (Å²) in [5, 5.41) is 18.4. The van der Waals surface area contributed by atoms with Crippen molar-refractivity contribution >= 4 is 14.6 Å². The number of hydrogen-bond donors (Lipinski definition) is 3. The van der Waals surface area contributed by atoms with Crippen LogP contribution in [0.5, 0.6) is 0 Å². The van der Waals surface area contributed by atoms with Crippen LogP contribution in [0.3, 0.4) is 0 Å². The van der Waals surface area contributed by atoms with Gasteiger partial charge in [0.2, 0.25) is 8.61 Å². The SMILES string of the molecule is O=PNC(CO)C(=O)O. The number of carboxylic acid groups (broad SMARTS) is 1. The fourth-order valence-electron chi connectivity index (χ4n) is 0.238. The van der Waals surface area contributed by atoms with Crippen LogP contribution in [0.4, 0.5) is 0 Å². The minimum absolute atomic E-state index is 0.491. The summed E-state index contributed by atoms with van der Waals surface area (Å²) in [6.45, 7) is -0.565. The quantitative estimate of drug-likeness (QED) is 0.459. The molecule has 0 aliphatic heterocycles. The monoisotopic (exact) mass is 151 g/mol. The summed E-state index contributed by atoms with van der Waals surface area (Å²) in [5.74, 6) is -1.22. The van der Waals surface area contributed by atoms with E-state index in [4.69, 9.17) is 10.2 Å². The number of nitrogens with one attached hydrogen (secondary N) is 1. The molecule has 0 rings (SSSR count). The van der Waals surface area contributed by atoms with Gasteiger partial charge in [-0.05, 0) is 0 Å². The molecule has 0 aromatic heterocycles.